The molecule has 2 aromatic heterocycles. The smallest absolute Gasteiger partial charge is 0.265 e. The quantitative estimate of drug-likeness (QED) is 0.543. The Morgan fingerprint density at radius 2 is 1.86 bits per heavy atom. The van der Waals surface area contributed by atoms with E-state index in [1.165, 1.54) is 18.3 Å². The van der Waals surface area contributed by atoms with Crippen molar-refractivity contribution >= 4 is 44.7 Å². The molecule has 8 heteroatoms. The number of carbonyl (C=O) groups excluding carboxylic acids is 2. The van der Waals surface area contributed by atoms with Gasteiger partial charge in [-0.25, -0.2) is 0 Å². The number of benzene rings is 1. The van der Waals surface area contributed by atoms with Crippen molar-refractivity contribution in [2.24, 2.45) is 0 Å². The van der Waals surface area contributed by atoms with Crippen LogP contribution in [0.1, 0.15) is 40.6 Å². The molecule has 0 atom stereocenters. The Balaban J connectivity index is 1.72. The van der Waals surface area contributed by atoms with Gasteiger partial charge in [0.2, 0.25) is 5.91 Å². The summed E-state index contributed by atoms with van der Waals surface area (Å²) in [6, 6.07) is 6.57. The molecule has 4 rings (SSSR count). The van der Waals surface area contributed by atoms with Gasteiger partial charge in [0.1, 0.15) is 16.1 Å². The minimum atomic E-state index is -0.698. The van der Waals surface area contributed by atoms with E-state index in [0.717, 1.165) is 36.1 Å². The number of amides is 2. The monoisotopic (exact) mass is 397 g/mol. The highest BCUT2D eigenvalue weighted by Crippen LogP contribution is 2.40. The molecule has 0 saturated carbocycles. The highest BCUT2D eigenvalue weighted by Gasteiger charge is 2.25. The first-order chi connectivity index (χ1) is 13.4. The van der Waals surface area contributed by atoms with E-state index < -0.39 is 11.5 Å². The minimum Gasteiger partial charge on any atom is -0.506 e. The van der Waals surface area contributed by atoms with Crippen molar-refractivity contribution in [3.8, 4) is 5.75 Å². The van der Waals surface area contributed by atoms with Crippen molar-refractivity contribution < 1.29 is 14.7 Å². The van der Waals surface area contributed by atoms with Gasteiger partial charge >= 0.3 is 0 Å². The fraction of sp³-hybridized carbons (Fsp3) is 0.250. The van der Waals surface area contributed by atoms with Crippen LogP contribution in [0.2, 0.25) is 0 Å². The minimum absolute atomic E-state index is 0.231. The zero-order valence-electron chi connectivity index (χ0n) is 15.2. The number of aromatic amines is 1. The standard InChI is InChI=1S/C20H19N3O4S/c1-10(24)21-11-5-4-6-12(9-11)22-18(26)16-17(25)15-13-7-2-3-8-14(13)28-20(15)23-19(16)27/h4-6,9H,2-3,7-8H2,1H3,(H,21,24)(H,22,26)(H2,23,25,27). The Morgan fingerprint density at radius 3 is 2.61 bits per heavy atom. The van der Waals surface area contributed by atoms with Crippen LogP contribution < -0.4 is 16.2 Å². The SMILES string of the molecule is CC(=O)Nc1cccc(NC(=O)c2c(O)c3c4c(sc3[nH]c2=O)CCCC4)c1. The summed E-state index contributed by atoms with van der Waals surface area (Å²) in [5.41, 5.74) is 1.03. The molecule has 0 aliphatic heterocycles. The number of pyridine rings is 1. The molecule has 3 aromatic rings. The number of H-pyrrole nitrogens is 1. The van der Waals surface area contributed by atoms with Gasteiger partial charge in [-0.3, -0.25) is 14.4 Å². The number of fused-ring (bicyclic) bond motifs is 3. The summed E-state index contributed by atoms with van der Waals surface area (Å²) in [5.74, 6) is -1.20. The van der Waals surface area contributed by atoms with Crippen LogP contribution in [0, 0.1) is 0 Å². The Kier molecular flexibility index (Phi) is 4.64. The lowest BCUT2D eigenvalue weighted by Gasteiger charge is -2.12. The number of thiophene rings is 1. The molecule has 1 aromatic carbocycles. The van der Waals surface area contributed by atoms with Gasteiger partial charge in [-0.05, 0) is 49.4 Å². The van der Waals surface area contributed by atoms with Crippen LogP contribution in [0.3, 0.4) is 0 Å². The van der Waals surface area contributed by atoms with E-state index in [1.807, 2.05) is 0 Å². The molecule has 2 amide bonds. The normalized spacial score (nSPS) is 13.2. The van der Waals surface area contributed by atoms with Gasteiger partial charge in [0.25, 0.3) is 11.5 Å². The number of hydrogen-bond acceptors (Lipinski definition) is 5. The number of hydrogen-bond donors (Lipinski definition) is 4. The number of aryl methyl sites for hydroxylation is 2. The summed E-state index contributed by atoms with van der Waals surface area (Å²) in [4.78, 5) is 40.9. The van der Waals surface area contributed by atoms with Gasteiger partial charge in [-0.1, -0.05) is 6.07 Å². The summed E-state index contributed by atoms with van der Waals surface area (Å²) in [5, 5.41) is 16.6. The second-order valence-electron chi connectivity index (χ2n) is 6.81. The molecule has 144 valence electrons. The second-order valence-corrected chi connectivity index (χ2v) is 7.91. The van der Waals surface area contributed by atoms with E-state index in [-0.39, 0.29) is 17.2 Å². The van der Waals surface area contributed by atoms with Crippen LogP contribution in [-0.2, 0) is 17.6 Å². The van der Waals surface area contributed by atoms with E-state index in [9.17, 15) is 19.5 Å². The fourth-order valence-electron chi connectivity index (χ4n) is 3.58. The molecule has 0 bridgehead atoms. The number of anilines is 2. The predicted octanol–water partition coefficient (Wildman–Crippen LogP) is 3.38. The maximum atomic E-state index is 12.7. The molecule has 7 nitrogen and oxygen atoms in total. The third kappa shape index (κ3) is 3.27. The number of aromatic hydroxyl groups is 1. The highest BCUT2D eigenvalue weighted by atomic mass is 32.1. The number of rotatable bonds is 3. The Labute approximate surface area is 164 Å². The lowest BCUT2D eigenvalue weighted by atomic mass is 9.96. The first-order valence-electron chi connectivity index (χ1n) is 9.02. The summed E-state index contributed by atoms with van der Waals surface area (Å²) >= 11 is 1.47. The van der Waals surface area contributed by atoms with Gasteiger partial charge in [-0.15, -0.1) is 11.3 Å². The third-order valence-corrected chi connectivity index (χ3v) is 5.97. The molecular formula is C20H19N3O4S. The fourth-order valence-corrected chi connectivity index (χ4v) is 4.87. The van der Waals surface area contributed by atoms with Crippen LogP contribution in [-0.4, -0.2) is 21.9 Å². The van der Waals surface area contributed by atoms with Crippen molar-refractivity contribution in [3.63, 3.8) is 0 Å². The van der Waals surface area contributed by atoms with Crippen molar-refractivity contribution in [1.29, 1.82) is 0 Å². The molecule has 0 unspecified atom stereocenters. The number of carbonyl (C=O) groups is 2. The maximum Gasteiger partial charge on any atom is 0.265 e. The van der Waals surface area contributed by atoms with Gasteiger partial charge < -0.3 is 20.7 Å². The average Bonchev–Trinajstić information content (AvgIpc) is 2.99. The lowest BCUT2D eigenvalue weighted by Crippen LogP contribution is -2.23. The van der Waals surface area contributed by atoms with Crippen LogP contribution in [0.5, 0.6) is 5.75 Å². The van der Waals surface area contributed by atoms with Gasteiger partial charge in [-0.2, -0.15) is 0 Å². The lowest BCUT2D eigenvalue weighted by molar-refractivity contribution is -0.114. The van der Waals surface area contributed by atoms with E-state index in [1.54, 1.807) is 24.3 Å². The molecule has 1 aliphatic rings. The van der Waals surface area contributed by atoms with Gasteiger partial charge in [0, 0.05) is 23.2 Å². The van der Waals surface area contributed by atoms with E-state index >= 15 is 0 Å². The topological polar surface area (TPSA) is 111 Å². The number of aromatic nitrogens is 1. The van der Waals surface area contributed by atoms with Gasteiger partial charge in [0.05, 0.1) is 5.39 Å². The molecule has 0 saturated heterocycles. The number of nitrogens with one attached hydrogen (secondary N) is 3. The van der Waals surface area contributed by atoms with Gasteiger partial charge in [0.15, 0.2) is 0 Å². The van der Waals surface area contributed by atoms with Crippen molar-refractivity contribution in [3.05, 3.63) is 50.6 Å². The average molecular weight is 397 g/mol. The van der Waals surface area contributed by atoms with E-state index in [0.29, 0.717) is 21.6 Å². The maximum absolute atomic E-state index is 12.7. The molecule has 0 radical (unpaired) electrons. The van der Waals surface area contributed by atoms with Crippen LogP contribution in [0.4, 0.5) is 11.4 Å². The molecular weight excluding hydrogens is 378 g/mol. The summed E-state index contributed by atoms with van der Waals surface area (Å²) < 4.78 is 0. The summed E-state index contributed by atoms with van der Waals surface area (Å²) in [6.07, 6.45) is 3.86. The third-order valence-electron chi connectivity index (χ3n) is 4.77. The van der Waals surface area contributed by atoms with Crippen LogP contribution in [0.25, 0.3) is 10.2 Å². The molecule has 0 fully saturated rings. The van der Waals surface area contributed by atoms with Crippen molar-refractivity contribution in [1.82, 2.24) is 4.98 Å². The Morgan fingerprint density at radius 1 is 1.14 bits per heavy atom. The first kappa shape index (κ1) is 18.2. The molecule has 28 heavy (non-hydrogen) atoms. The van der Waals surface area contributed by atoms with E-state index in [2.05, 4.69) is 15.6 Å². The molecule has 1 aliphatic carbocycles. The molecule has 2 heterocycles. The predicted molar refractivity (Wildman–Crippen MR) is 109 cm³/mol. The zero-order chi connectivity index (χ0) is 19.8. The van der Waals surface area contributed by atoms with Crippen LogP contribution in [0.15, 0.2) is 29.1 Å². The molecule has 4 N–H and O–H groups in total. The largest absolute Gasteiger partial charge is 0.506 e. The van der Waals surface area contributed by atoms with Crippen molar-refractivity contribution in [2.45, 2.75) is 32.6 Å². The van der Waals surface area contributed by atoms with Crippen molar-refractivity contribution in [2.75, 3.05) is 10.6 Å². The zero-order valence-corrected chi connectivity index (χ0v) is 16.0. The van der Waals surface area contributed by atoms with Crippen LogP contribution >= 0.6 is 11.3 Å². The highest BCUT2D eigenvalue weighted by molar-refractivity contribution is 7.18. The van der Waals surface area contributed by atoms with E-state index in [4.69, 9.17) is 0 Å². The Hall–Kier alpha value is -3.13. The second kappa shape index (κ2) is 7.12. The Bertz CT molecular complexity index is 1160. The summed E-state index contributed by atoms with van der Waals surface area (Å²) in [7, 11) is 0. The molecule has 0 spiro atoms. The first-order valence-corrected chi connectivity index (χ1v) is 9.84. The summed E-state index contributed by atoms with van der Waals surface area (Å²) in [6.45, 7) is 1.39.